The molecule has 1 heterocycles. The van der Waals surface area contributed by atoms with Crippen molar-refractivity contribution in [1.29, 1.82) is 0 Å². The molecule has 1 aliphatic rings. The summed E-state index contributed by atoms with van der Waals surface area (Å²) in [6, 6.07) is 0.353. The van der Waals surface area contributed by atoms with Crippen molar-refractivity contribution in [3.63, 3.8) is 0 Å². The van der Waals surface area contributed by atoms with E-state index >= 15 is 0 Å². The molecule has 0 aliphatic carbocycles. The van der Waals surface area contributed by atoms with Crippen molar-refractivity contribution < 1.29 is 4.79 Å². The molecule has 0 bridgehead atoms. The number of nitrogens with zero attached hydrogens (tertiary/aromatic N) is 2. The number of hydrogen-bond donors (Lipinski definition) is 1. The van der Waals surface area contributed by atoms with Gasteiger partial charge < -0.3 is 15.5 Å². The number of rotatable bonds is 6. The van der Waals surface area contributed by atoms with Crippen LogP contribution in [0.15, 0.2) is 0 Å². The molecule has 0 radical (unpaired) electrons. The normalized spacial score (nSPS) is 19.3. The Bertz CT molecular complexity index is 245. The lowest BCUT2D eigenvalue weighted by molar-refractivity contribution is -0.134. The number of nitrogens with two attached hydrogens (primary N) is 1. The molecule has 1 fully saturated rings. The SMILES string of the molecule is CCC[C@H](N)C(=O)N1CCC(N(CC)CC)CC1. The molecule has 4 heteroatoms. The molecule has 1 amide bonds. The monoisotopic (exact) mass is 255 g/mol. The van der Waals surface area contributed by atoms with Gasteiger partial charge in [-0.25, -0.2) is 0 Å². The third-order valence-electron chi connectivity index (χ3n) is 4.02. The zero-order valence-corrected chi connectivity index (χ0v) is 12.2. The maximum absolute atomic E-state index is 12.1. The zero-order chi connectivity index (χ0) is 13.5. The molecule has 1 atom stereocenters. The number of likely N-dealkylation sites (tertiary alicyclic amines) is 1. The fourth-order valence-corrected chi connectivity index (χ4v) is 2.86. The summed E-state index contributed by atoms with van der Waals surface area (Å²) in [6.45, 7) is 10.4. The van der Waals surface area contributed by atoms with Gasteiger partial charge >= 0.3 is 0 Å². The molecule has 18 heavy (non-hydrogen) atoms. The largest absolute Gasteiger partial charge is 0.341 e. The van der Waals surface area contributed by atoms with Crippen molar-refractivity contribution in [3.05, 3.63) is 0 Å². The van der Waals surface area contributed by atoms with Crippen LogP contribution in [0.1, 0.15) is 46.5 Å². The Kier molecular flexibility index (Phi) is 6.65. The zero-order valence-electron chi connectivity index (χ0n) is 12.2. The Labute approximate surface area is 111 Å². The minimum atomic E-state index is -0.292. The van der Waals surface area contributed by atoms with Crippen molar-refractivity contribution in [2.24, 2.45) is 5.73 Å². The molecule has 0 unspecified atom stereocenters. The topological polar surface area (TPSA) is 49.6 Å². The van der Waals surface area contributed by atoms with Gasteiger partial charge in [0, 0.05) is 19.1 Å². The second kappa shape index (κ2) is 7.74. The predicted molar refractivity (Wildman–Crippen MR) is 75.4 cm³/mol. The lowest BCUT2D eigenvalue weighted by Gasteiger charge is -2.38. The summed E-state index contributed by atoms with van der Waals surface area (Å²) in [6.07, 6.45) is 3.95. The van der Waals surface area contributed by atoms with Crippen LogP contribution < -0.4 is 5.73 Å². The molecule has 1 rings (SSSR count). The number of amides is 1. The third-order valence-corrected chi connectivity index (χ3v) is 4.02. The van der Waals surface area contributed by atoms with Crippen LogP contribution in [-0.2, 0) is 4.79 Å². The summed E-state index contributed by atoms with van der Waals surface area (Å²) in [7, 11) is 0. The number of carbonyl (C=O) groups excluding carboxylic acids is 1. The van der Waals surface area contributed by atoms with E-state index in [4.69, 9.17) is 5.73 Å². The van der Waals surface area contributed by atoms with E-state index in [1.165, 1.54) is 0 Å². The molecule has 106 valence electrons. The Hall–Kier alpha value is -0.610. The van der Waals surface area contributed by atoms with Crippen LogP contribution in [0.4, 0.5) is 0 Å². The van der Waals surface area contributed by atoms with Crippen LogP contribution in [0.5, 0.6) is 0 Å². The van der Waals surface area contributed by atoms with Crippen molar-refractivity contribution in [1.82, 2.24) is 9.80 Å². The van der Waals surface area contributed by atoms with Gasteiger partial charge in [-0.3, -0.25) is 4.79 Å². The van der Waals surface area contributed by atoms with Crippen LogP contribution in [0.2, 0.25) is 0 Å². The highest BCUT2D eigenvalue weighted by atomic mass is 16.2. The lowest BCUT2D eigenvalue weighted by atomic mass is 10.0. The third kappa shape index (κ3) is 3.95. The van der Waals surface area contributed by atoms with E-state index in [0.717, 1.165) is 51.9 Å². The maximum Gasteiger partial charge on any atom is 0.239 e. The highest BCUT2D eigenvalue weighted by Crippen LogP contribution is 2.17. The maximum atomic E-state index is 12.1. The number of piperidine rings is 1. The van der Waals surface area contributed by atoms with Gasteiger partial charge in [0.25, 0.3) is 0 Å². The molecule has 0 saturated carbocycles. The standard InChI is InChI=1S/C14H29N3O/c1-4-7-13(15)14(18)17-10-8-12(9-11-17)16(5-2)6-3/h12-13H,4-11,15H2,1-3H3/t13-/m0/s1. The molecule has 0 aromatic carbocycles. The summed E-state index contributed by atoms with van der Waals surface area (Å²) in [5.41, 5.74) is 5.90. The average Bonchev–Trinajstić information content (AvgIpc) is 2.40. The Morgan fingerprint density at radius 3 is 2.28 bits per heavy atom. The van der Waals surface area contributed by atoms with E-state index in [2.05, 4.69) is 25.7 Å². The van der Waals surface area contributed by atoms with Crippen LogP contribution >= 0.6 is 0 Å². The summed E-state index contributed by atoms with van der Waals surface area (Å²) in [4.78, 5) is 16.5. The van der Waals surface area contributed by atoms with Gasteiger partial charge in [-0.05, 0) is 32.4 Å². The minimum Gasteiger partial charge on any atom is -0.341 e. The first-order valence-corrected chi connectivity index (χ1v) is 7.42. The van der Waals surface area contributed by atoms with Crippen LogP contribution in [0.25, 0.3) is 0 Å². The van der Waals surface area contributed by atoms with Crippen molar-refractivity contribution >= 4 is 5.91 Å². The first kappa shape index (κ1) is 15.4. The van der Waals surface area contributed by atoms with E-state index in [-0.39, 0.29) is 11.9 Å². The highest BCUT2D eigenvalue weighted by molar-refractivity contribution is 5.81. The van der Waals surface area contributed by atoms with E-state index in [0.29, 0.717) is 6.04 Å². The molecular formula is C14H29N3O. The first-order chi connectivity index (χ1) is 8.63. The summed E-state index contributed by atoms with van der Waals surface area (Å²) in [5, 5.41) is 0. The fourth-order valence-electron chi connectivity index (χ4n) is 2.86. The quantitative estimate of drug-likeness (QED) is 0.781. The van der Waals surface area contributed by atoms with Crippen LogP contribution in [0.3, 0.4) is 0 Å². The number of hydrogen-bond acceptors (Lipinski definition) is 3. The second-order valence-electron chi connectivity index (χ2n) is 5.17. The van der Waals surface area contributed by atoms with E-state index in [1.807, 2.05) is 4.90 Å². The van der Waals surface area contributed by atoms with Crippen molar-refractivity contribution in [2.75, 3.05) is 26.2 Å². The van der Waals surface area contributed by atoms with Crippen LogP contribution in [0, 0.1) is 0 Å². The Morgan fingerprint density at radius 2 is 1.83 bits per heavy atom. The number of carbonyl (C=O) groups is 1. The molecule has 0 aromatic rings. The van der Waals surface area contributed by atoms with Crippen LogP contribution in [-0.4, -0.2) is 54.0 Å². The van der Waals surface area contributed by atoms with Gasteiger partial charge in [-0.15, -0.1) is 0 Å². The van der Waals surface area contributed by atoms with E-state index in [9.17, 15) is 4.79 Å². The average molecular weight is 255 g/mol. The summed E-state index contributed by atoms with van der Waals surface area (Å²) >= 11 is 0. The minimum absolute atomic E-state index is 0.148. The molecule has 0 spiro atoms. The molecule has 1 saturated heterocycles. The van der Waals surface area contributed by atoms with E-state index < -0.39 is 0 Å². The molecule has 0 aromatic heterocycles. The van der Waals surface area contributed by atoms with Gasteiger partial charge in [0.1, 0.15) is 0 Å². The van der Waals surface area contributed by atoms with Gasteiger partial charge in [-0.2, -0.15) is 0 Å². The van der Waals surface area contributed by atoms with E-state index in [1.54, 1.807) is 0 Å². The van der Waals surface area contributed by atoms with Crippen molar-refractivity contribution in [2.45, 2.75) is 58.5 Å². The smallest absolute Gasteiger partial charge is 0.239 e. The summed E-state index contributed by atoms with van der Waals surface area (Å²) in [5.74, 6) is 0.148. The molecule has 2 N–H and O–H groups in total. The first-order valence-electron chi connectivity index (χ1n) is 7.42. The van der Waals surface area contributed by atoms with Gasteiger partial charge in [0.05, 0.1) is 6.04 Å². The van der Waals surface area contributed by atoms with Gasteiger partial charge in [-0.1, -0.05) is 27.2 Å². The second-order valence-corrected chi connectivity index (χ2v) is 5.17. The fraction of sp³-hybridized carbons (Fsp3) is 0.929. The Morgan fingerprint density at radius 1 is 1.28 bits per heavy atom. The van der Waals surface area contributed by atoms with Gasteiger partial charge in [0.15, 0.2) is 0 Å². The summed E-state index contributed by atoms with van der Waals surface area (Å²) < 4.78 is 0. The Balaban J connectivity index is 2.41. The lowest BCUT2D eigenvalue weighted by Crippen LogP contribution is -2.50. The van der Waals surface area contributed by atoms with Gasteiger partial charge in [0.2, 0.25) is 5.91 Å². The predicted octanol–water partition coefficient (Wildman–Crippen LogP) is 1.45. The molecular weight excluding hydrogens is 226 g/mol. The highest BCUT2D eigenvalue weighted by Gasteiger charge is 2.27. The molecule has 4 nitrogen and oxygen atoms in total. The van der Waals surface area contributed by atoms with Crippen molar-refractivity contribution in [3.8, 4) is 0 Å². The molecule has 1 aliphatic heterocycles.